The van der Waals surface area contributed by atoms with E-state index in [4.69, 9.17) is 9.47 Å². The van der Waals surface area contributed by atoms with E-state index in [9.17, 15) is 18.0 Å². The molecule has 0 atom stereocenters. The lowest BCUT2D eigenvalue weighted by atomic mass is 10.3. The lowest BCUT2D eigenvalue weighted by Crippen LogP contribution is -2.34. The van der Waals surface area contributed by atoms with Crippen LogP contribution >= 0.6 is 0 Å². The first-order valence-electron chi connectivity index (χ1n) is 5.89. The molecule has 0 saturated heterocycles. The summed E-state index contributed by atoms with van der Waals surface area (Å²) in [5.74, 6) is 0.472. The zero-order valence-electron chi connectivity index (χ0n) is 11.2. The van der Waals surface area contributed by atoms with Gasteiger partial charge in [0.15, 0.2) is 6.61 Å². The number of rotatable bonds is 6. The Labute approximate surface area is 115 Å². The Morgan fingerprint density at radius 2 is 1.95 bits per heavy atom. The molecule has 0 aromatic heterocycles. The van der Waals surface area contributed by atoms with Gasteiger partial charge in [-0.15, -0.1) is 0 Å². The van der Waals surface area contributed by atoms with Crippen LogP contribution in [-0.4, -0.2) is 44.3 Å². The average Bonchev–Trinajstić information content (AvgIpc) is 2.41. The number of methoxy groups -OCH3 is 1. The minimum Gasteiger partial charge on any atom is -0.497 e. The van der Waals surface area contributed by atoms with Gasteiger partial charge in [-0.05, 0) is 12.1 Å². The van der Waals surface area contributed by atoms with E-state index in [1.807, 2.05) is 0 Å². The minimum atomic E-state index is -4.28. The lowest BCUT2D eigenvalue weighted by molar-refractivity contribution is -0.145. The van der Waals surface area contributed by atoms with Crippen molar-refractivity contribution >= 4 is 5.91 Å². The third-order valence-corrected chi connectivity index (χ3v) is 2.56. The molecule has 0 aliphatic rings. The predicted octanol–water partition coefficient (Wildman–Crippen LogP) is 2.48. The van der Waals surface area contributed by atoms with Crippen molar-refractivity contribution in [3.63, 3.8) is 0 Å². The summed E-state index contributed by atoms with van der Waals surface area (Å²) in [6.45, 7) is -0.703. The Kier molecular flexibility index (Phi) is 5.66. The number of hydrogen-bond donors (Lipinski definition) is 0. The molecule has 1 aromatic rings. The molecule has 0 unspecified atom stereocenters. The van der Waals surface area contributed by atoms with Crippen molar-refractivity contribution in [1.82, 2.24) is 4.90 Å². The maximum atomic E-state index is 12.0. The van der Waals surface area contributed by atoms with E-state index in [0.29, 0.717) is 11.5 Å². The van der Waals surface area contributed by atoms with Gasteiger partial charge >= 0.3 is 6.18 Å². The normalized spacial score (nSPS) is 11.1. The second-order valence-corrected chi connectivity index (χ2v) is 4.15. The maximum Gasteiger partial charge on any atom is 0.390 e. The number of ether oxygens (including phenoxy) is 2. The number of nitrogens with zero attached hydrogens (tertiary/aromatic N) is 1. The number of halogens is 3. The summed E-state index contributed by atoms with van der Waals surface area (Å²) in [5, 5.41) is 0. The molecule has 1 amide bonds. The number of hydrogen-bond acceptors (Lipinski definition) is 3. The Bertz CT molecular complexity index is 449. The second-order valence-electron chi connectivity index (χ2n) is 4.15. The van der Waals surface area contributed by atoms with Crippen LogP contribution in [0.4, 0.5) is 13.2 Å². The molecule has 20 heavy (non-hydrogen) atoms. The summed E-state index contributed by atoms with van der Waals surface area (Å²) in [5.41, 5.74) is 0. The molecule has 1 rings (SSSR count). The predicted molar refractivity (Wildman–Crippen MR) is 66.8 cm³/mol. The topological polar surface area (TPSA) is 38.8 Å². The molecular formula is C13H16F3NO3. The van der Waals surface area contributed by atoms with Gasteiger partial charge in [0.2, 0.25) is 0 Å². The third-order valence-electron chi connectivity index (χ3n) is 2.56. The van der Waals surface area contributed by atoms with Gasteiger partial charge in [-0.3, -0.25) is 4.79 Å². The van der Waals surface area contributed by atoms with E-state index in [1.165, 1.54) is 14.2 Å². The largest absolute Gasteiger partial charge is 0.497 e. The summed E-state index contributed by atoms with van der Waals surface area (Å²) in [6, 6.07) is 6.62. The molecule has 0 bridgehead atoms. The average molecular weight is 291 g/mol. The fraction of sp³-hybridized carbons (Fsp3) is 0.462. The Morgan fingerprint density at radius 1 is 1.30 bits per heavy atom. The number of carbonyl (C=O) groups is 1. The molecular weight excluding hydrogens is 275 g/mol. The highest BCUT2D eigenvalue weighted by Crippen LogP contribution is 2.20. The van der Waals surface area contributed by atoms with E-state index in [1.54, 1.807) is 24.3 Å². The van der Waals surface area contributed by atoms with Crippen molar-refractivity contribution in [3.05, 3.63) is 24.3 Å². The van der Waals surface area contributed by atoms with Crippen molar-refractivity contribution < 1.29 is 27.4 Å². The van der Waals surface area contributed by atoms with Gasteiger partial charge in [0.25, 0.3) is 5.91 Å². The molecule has 0 saturated carbocycles. The number of carbonyl (C=O) groups excluding carboxylic acids is 1. The van der Waals surface area contributed by atoms with Gasteiger partial charge in [-0.2, -0.15) is 13.2 Å². The SMILES string of the molecule is COc1cccc(OCC(=O)N(C)CCC(F)(F)F)c1. The molecule has 0 heterocycles. The summed E-state index contributed by atoms with van der Waals surface area (Å²) >= 11 is 0. The van der Waals surface area contributed by atoms with Gasteiger partial charge in [-0.25, -0.2) is 0 Å². The standard InChI is InChI=1S/C13H16F3NO3/c1-17(7-6-13(14,15)16)12(18)9-20-11-5-3-4-10(8-11)19-2/h3-5,8H,6-7,9H2,1-2H3. The molecule has 0 aliphatic heterocycles. The van der Waals surface area contributed by atoms with Crippen molar-refractivity contribution in [1.29, 1.82) is 0 Å². The van der Waals surface area contributed by atoms with Gasteiger partial charge < -0.3 is 14.4 Å². The lowest BCUT2D eigenvalue weighted by Gasteiger charge is -2.18. The Balaban J connectivity index is 2.42. The molecule has 0 spiro atoms. The van der Waals surface area contributed by atoms with E-state index < -0.39 is 18.5 Å². The number of alkyl halides is 3. The van der Waals surface area contributed by atoms with Crippen LogP contribution in [0.3, 0.4) is 0 Å². The van der Waals surface area contributed by atoms with Crippen LogP contribution in [0.2, 0.25) is 0 Å². The van der Waals surface area contributed by atoms with E-state index in [-0.39, 0.29) is 13.2 Å². The Hall–Kier alpha value is -1.92. The molecule has 0 fully saturated rings. The molecule has 0 radical (unpaired) electrons. The molecule has 1 aromatic carbocycles. The van der Waals surface area contributed by atoms with Crippen molar-refractivity contribution in [3.8, 4) is 11.5 Å². The van der Waals surface area contributed by atoms with Crippen molar-refractivity contribution in [2.45, 2.75) is 12.6 Å². The first kappa shape index (κ1) is 16.1. The summed E-state index contributed by atoms with van der Waals surface area (Å²) < 4.78 is 46.3. The highest BCUT2D eigenvalue weighted by molar-refractivity contribution is 5.77. The van der Waals surface area contributed by atoms with Crippen LogP contribution in [0.25, 0.3) is 0 Å². The number of benzene rings is 1. The van der Waals surface area contributed by atoms with Crippen molar-refractivity contribution in [2.24, 2.45) is 0 Å². The molecule has 7 heteroatoms. The monoisotopic (exact) mass is 291 g/mol. The minimum absolute atomic E-state index is 0.318. The molecule has 0 aliphatic carbocycles. The van der Waals surface area contributed by atoms with Gasteiger partial charge in [0.05, 0.1) is 13.5 Å². The number of likely N-dealkylation sites (N-methyl/N-ethyl adjacent to an activating group) is 1. The highest BCUT2D eigenvalue weighted by atomic mass is 19.4. The van der Waals surface area contributed by atoms with Gasteiger partial charge in [0.1, 0.15) is 11.5 Å². The van der Waals surface area contributed by atoms with Crippen LogP contribution in [-0.2, 0) is 4.79 Å². The zero-order chi connectivity index (χ0) is 15.2. The fourth-order valence-corrected chi connectivity index (χ4v) is 1.37. The molecule has 112 valence electrons. The molecule has 4 nitrogen and oxygen atoms in total. The van der Waals surface area contributed by atoms with Crippen LogP contribution in [0.15, 0.2) is 24.3 Å². The van der Waals surface area contributed by atoms with E-state index in [2.05, 4.69) is 0 Å². The Morgan fingerprint density at radius 3 is 2.55 bits per heavy atom. The zero-order valence-corrected chi connectivity index (χ0v) is 11.2. The quantitative estimate of drug-likeness (QED) is 0.808. The third kappa shape index (κ3) is 5.81. The van der Waals surface area contributed by atoms with Crippen LogP contribution < -0.4 is 9.47 Å². The number of amides is 1. The van der Waals surface area contributed by atoms with E-state index in [0.717, 1.165) is 4.90 Å². The van der Waals surface area contributed by atoms with E-state index >= 15 is 0 Å². The van der Waals surface area contributed by atoms with Gasteiger partial charge in [0, 0.05) is 19.7 Å². The second kappa shape index (κ2) is 7.02. The smallest absolute Gasteiger partial charge is 0.390 e. The van der Waals surface area contributed by atoms with Crippen LogP contribution in [0, 0.1) is 0 Å². The molecule has 0 N–H and O–H groups in total. The highest BCUT2D eigenvalue weighted by Gasteiger charge is 2.28. The fourth-order valence-electron chi connectivity index (χ4n) is 1.37. The first-order valence-corrected chi connectivity index (χ1v) is 5.89. The maximum absolute atomic E-state index is 12.0. The van der Waals surface area contributed by atoms with Crippen LogP contribution in [0.1, 0.15) is 6.42 Å². The van der Waals surface area contributed by atoms with Gasteiger partial charge in [-0.1, -0.05) is 6.07 Å². The summed E-state index contributed by atoms with van der Waals surface area (Å²) in [4.78, 5) is 12.6. The summed E-state index contributed by atoms with van der Waals surface area (Å²) in [7, 11) is 2.80. The van der Waals surface area contributed by atoms with Crippen molar-refractivity contribution in [2.75, 3.05) is 27.3 Å². The summed E-state index contributed by atoms with van der Waals surface area (Å²) in [6.07, 6.45) is -5.31. The first-order chi connectivity index (χ1) is 9.31. The van der Waals surface area contributed by atoms with Crippen LogP contribution in [0.5, 0.6) is 11.5 Å².